The molecule has 0 aromatic carbocycles. The zero-order valence-corrected chi connectivity index (χ0v) is 8.09. The summed E-state index contributed by atoms with van der Waals surface area (Å²) in [7, 11) is 0. The van der Waals surface area contributed by atoms with Crippen LogP contribution in [0.1, 0.15) is 28.0 Å². The quantitative estimate of drug-likeness (QED) is 0.609. The van der Waals surface area contributed by atoms with Crippen LogP contribution in [0.4, 0.5) is 8.78 Å². The summed E-state index contributed by atoms with van der Waals surface area (Å²) in [4.78, 5) is 14.0. The van der Waals surface area contributed by atoms with E-state index in [9.17, 15) is 13.6 Å². The van der Waals surface area contributed by atoms with Gasteiger partial charge in [-0.25, -0.2) is 8.78 Å². The summed E-state index contributed by atoms with van der Waals surface area (Å²) in [6.45, 7) is 0. The second-order valence-corrected chi connectivity index (χ2v) is 2.88. The Kier molecular flexibility index (Phi) is 3.48. The molecule has 0 fully saturated rings. The van der Waals surface area contributed by atoms with Crippen molar-refractivity contribution in [3.8, 4) is 0 Å². The van der Waals surface area contributed by atoms with Crippen molar-refractivity contribution in [2.24, 2.45) is 0 Å². The zero-order valence-electron chi connectivity index (χ0n) is 6.51. The van der Waals surface area contributed by atoms with Gasteiger partial charge in [-0.05, 0) is 6.07 Å². The van der Waals surface area contributed by atoms with Crippen LogP contribution in [0.3, 0.4) is 0 Å². The van der Waals surface area contributed by atoms with Gasteiger partial charge in [0.2, 0.25) is 0 Å². The maximum absolute atomic E-state index is 12.3. The highest BCUT2D eigenvalue weighted by molar-refractivity contribution is 9.08. The minimum atomic E-state index is -2.65. The van der Waals surface area contributed by atoms with Crippen molar-refractivity contribution in [1.82, 2.24) is 4.98 Å². The molecule has 1 heterocycles. The average Bonchev–Trinajstić information content (AvgIpc) is 2.16. The lowest BCUT2D eigenvalue weighted by Gasteiger charge is -2.06. The largest absolute Gasteiger partial charge is 0.298 e. The summed E-state index contributed by atoms with van der Waals surface area (Å²) in [5, 5.41) is 0.203. The van der Waals surface area contributed by atoms with Crippen LogP contribution in [-0.4, -0.2) is 11.3 Å². The van der Waals surface area contributed by atoms with Crippen LogP contribution in [0.5, 0.6) is 0 Å². The van der Waals surface area contributed by atoms with Crippen molar-refractivity contribution in [3.63, 3.8) is 0 Å². The Hall–Kier alpha value is -0.840. The Balaban J connectivity index is 3.26. The van der Waals surface area contributed by atoms with E-state index in [4.69, 9.17) is 0 Å². The lowest BCUT2D eigenvalue weighted by atomic mass is 10.1. The van der Waals surface area contributed by atoms with Crippen molar-refractivity contribution >= 4 is 22.2 Å². The number of pyridine rings is 1. The number of alkyl halides is 3. The number of rotatable bonds is 3. The molecule has 0 radical (unpaired) electrons. The SMILES string of the molecule is O=Cc1ccnc(C(F)F)c1CBr. The number of hydrogen-bond donors (Lipinski definition) is 0. The lowest BCUT2D eigenvalue weighted by Crippen LogP contribution is -2.00. The van der Waals surface area contributed by atoms with E-state index in [-0.39, 0.29) is 22.2 Å². The molecule has 0 bridgehead atoms. The van der Waals surface area contributed by atoms with Gasteiger partial charge in [0.15, 0.2) is 0 Å². The predicted octanol–water partition coefficient (Wildman–Crippen LogP) is 2.73. The Morgan fingerprint density at radius 3 is 2.77 bits per heavy atom. The zero-order chi connectivity index (χ0) is 9.84. The molecule has 0 atom stereocenters. The van der Waals surface area contributed by atoms with Crippen molar-refractivity contribution in [3.05, 3.63) is 29.1 Å². The van der Waals surface area contributed by atoms with Gasteiger partial charge in [-0.2, -0.15) is 0 Å². The number of carbonyl (C=O) groups excluding carboxylic acids is 1. The molecule has 2 nitrogen and oxygen atoms in total. The molecule has 1 rings (SSSR count). The summed E-state index contributed by atoms with van der Waals surface area (Å²) in [6, 6.07) is 1.41. The lowest BCUT2D eigenvalue weighted by molar-refractivity contribution is 0.112. The van der Waals surface area contributed by atoms with Crippen molar-refractivity contribution in [2.75, 3.05) is 0 Å². The van der Waals surface area contributed by atoms with Crippen LogP contribution in [-0.2, 0) is 5.33 Å². The molecule has 0 N–H and O–H groups in total. The van der Waals surface area contributed by atoms with E-state index < -0.39 is 6.43 Å². The molecule has 0 saturated heterocycles. The first-order valence-electron chi connectivity index (χ1n) is 3.47. The van der Waals surface area contributed by atoms with Crippen molar-refractivity contribution < 1.29 is 13.6 Å². The first kappa shape index (κ1) is 10.2. The highest BCUT2D eigenvalue weighted by atomic mass is 79.9. The highest BCUT2D eigenvalue weighted by Gasteiger charge is 2.16. The maximum Gasteiger partial charge on any atom is 0.280 e. The number of aldehydes is 1. The van der Waals surface area contributed by atoms with Crippen molar-refractivity contribution in [1.29, 1.82) is 0 Å². The fourth-order valence-corrected chi connectivity index (χ4v) is 1.58. The summed E-state index contributed by atoms with van der Waals surface area (Å²) in [5.41, 5.74) is 0.177. The topological polar surface area (TPSA) is 30.0 Å². The van der Waals surface area contributed by atoms with Gasteiger partial charge in [-0.1, -0.05) is 15.9 Å². The van der Waals surface area contributed by atoms with E-state index in [2.05, 4.69) is 20.9 Å². The van der Waals surface area contributed by atoms with Crippen molar-refractivity contribution in [2.45, 2.75) is 11.8 Å². The van der Waals surface area contributed by atoms with E-state index in [0.29, 0.717) is 6.29 Å². The minimum absolute atomic E-state index is 0.203. The van der Waals surface area contributed by atoms with E-state index in [1.54, 1.807) is 0 Å². The fraction of sp³-hybridized carbons (Fsp3) is 0.250. The van der Waals surface area contributed by atoms with Crippen LogP contribution in [0.2, 0.25) is 0 Å². The molecule has 5 heteroatoms. The van der Waals surface area contributed by atoms with Gasteiger partial charge < -0.3 is 0 Å². The Morgan fingerprint density at radius 1 is 1.62 bits per heavy atom. The number of halogens is 3. The van der Waals surface area contributed by atoms with E-state index in [1.807, 2.05) is 0 Å². The third-order valence-electron chi connectivity index (χ3n) is 1.59. The molecule has 70 valence electrons. The number of nitrogens with zero attached hydrogens (tertiary/aromatic N) is 1. The number of hydrogen-bond acceptors (Lipinski definition) is 2. The van der Waals surface area contributed by atoms with E-state index in [0.717, 1.165) is 0 Å². The van der Waals surface area contributed by atoms with Gasteiger partial charge in [0.1, 0.15) is 12.0 Å². The summed E-state index contributed by atoms with van der Waals surface area (Å²) in [5.74, 6) is 0. The third kappa shape index (κ3) is 2.09. The molecule has 0 spiro atoms. The average molecular weight is 250 g/mol. The van der Waals surface area contributed by atoms with Gasteiger partial charge in [-0.15, -0.1) is 0 Å². The Morgan fingerprint density at radius 2 is 2.31 bits per heavy atom. The Labute approximate surface area is 82.1 Å². The molecule has 13 heavy (non-hydrogen) atoms. The standard InChI is InChI=1S/C8H6BrF2NO/c9-3-6-5(4-13)1-2-12-7(6)8(10)11/h1-2,4,8H,3H2. The molecule has 1 aromatic rings. The minimum Gasteiger partial charge on any atom is -0.298 e. The molecule has 0 unspecified atom stereocenters. The number of carbonyl (C=O) groups is 1. The first-order valence-corrected chi connectivity index (χ1v) is 4.60. The molecule has 0 saturated carbocycles. The third-order valence-corrected chi connectivity index (χ3v) is 2.15. The van der Waals surface area contributed by atoms with Gasteiger partial charge in [0.25, 0.3) is 6.43 Å². The molecule has 1 aromatic heterocycles. The first-order chi connectivity index (χ1) is 6.20. The Bertz CT molecular complexity index is 317. The van der Waals surface area contributed by atoms with Crippen LogP contribution >= 0.6 is 15.9 Å². The van der Waals surface area contributed by atoms with Gasteiger partial charge in [-0.3, -0.25) is 9.78 Å². The van der Waals surface area contributed by atoms with Crippen LogP contribution in [0, 0.1) is 0 Å². The molecule has 0 amide bonds. The molecule has 0 aliphatic rings. The van der Waals surface area contributed by atoms with Gasteiger partial charge >= 0.3 is 0 Å². The highest BCUT2D eigenvalue weighted by Crippen LogP contribution is 2.24. The van der Waals surface area contributed by atoms with Gasteiger partial charge in [0, 0.05) is 22.7 Å². The fourth-order valence-electron chi connectivity index (χ4n) is 0.968. The van der Waals surface area contributed by atoms with Gasteiger partial charge in [0.05, 0.1) is 0 Å². The predicted molar refractivity (Wildman–Crippen MR) is 47.2 cm³/mol. The molecular weight excluding hydrogens is 244 g/mol. The summed E-state index contributed by atoms with van der Waals surface area (Å²) >= 11 is 3.04. The summed E-state index contributed by atoms with van der Waals surface area (Å²) < 4.78 is 24.7. The number of aromatic nitrogens is 1. The van der Waals surface area contributed by atoms with Crippen LogP contribution < -0.4 is 0 Å². The summed E-state index contributed by atoms with van der Waals surface area (Å²) in [6.07, 6.45) is -0.894. The van der Waals surface area contributed by atoms with Crippen LogP contribution in [0.15, 0.2) is 12.3 Å². The molecule has 0 aliphatic heterocycles. The molecule has 0 aliphatic carbocycles. The monoisotopic (exact) mass is 249 g/mol. The second kappa shape index (κ2) is 4.41. The maximum atomic E-state index is 12.3. The van der Waals surface area contributed by atoms with E-state index >= 15 is 0 Å². The molecular formula is C8H6BrF2NO. The second-order valence-electron chi connectivity index (χ2n) is 2.32. The van der Waals surface area contributed by atoms with E-state index in [1.165, 1.54) is 12.3 Å². The normalized spacial score (nSPS) is 10.5. The van der Waals surface area contributed by atoms with Crippen LogP contribution in [0.25, 0.3) is 0 Å². The smallest absolute Gasteiger partial charge is 0.280 e.